The number of pyridine rings is 1. The van der Waals surface area contributed by atoms with E-state index in [2.05, 4.69) is 48.7 Å². The van der Waals surface area contributed by atoms with Crippen LogP contribution in [-0.2, 0) is 0 Å². The molecule has 2 heterocycles. The van der Waals surface area contributed by atoms with Crippen LogP contribution in [0.3, 0.4) is 0 Å². The molecule has 1 saturated heterocycles. The molecular formula is C9H11Br2N3. The van der Waals surface area contributed by atoms with Crippen LogP contribution >= 0.6 is 31.9 Å². The van der Waals surface area contributed by atoms with E-state index in [1.54, 1.807) is 6.20 Å². The Morgan fingerprint density at radius 2 is 2.14 bits per heavy atom. The summed E-state index contributed by atoms with van der Waals surface area (Å²) in [7, 11) is 0. The predicted octanol–water partition coefficient (Wildman–Crippen LogP) is 2.14. The van der Waals surface area contributed by atoms with E-state index in [0.29, 0.717) is 0 Å². The molecule has 0 atom stereocenters. The first-order chi connectivity index (χ1) is 6.48. The second-order valence-corrected chi connectivity index (χ2v) is 5.74. The number of halogens is 2. The van der Waals surface area contributed by atoms with Gasteiger partial charge in [0.15, 0.2) is 0 Å². The molecular weight excluding hydrogens is 310 g/mol. The lowest BCUT2D eigenvalue weighted by Crippen LogP contribution is -2.65. The van der Waals surface area contributed by atoms with Crippen molar-refractivity contribution in [3.8, 4) is 0 Å². The lowest BCUT2D eigenvalue weighted by atomic mass is 9.94. The van der Waals surface area contributed by atoms with Gasteiger partial charge in [-0.1, -0.05) is 0 Å². The predicted molar refractivity (Wildman–Crippen MR) is 64.4 cm³/mol. The molecule has 0 spiro atoms. The van der Waals surface area contributed by atoms with Crippen LogP contribution in [0.15, 0.2) is 21.2 Å². The van der Waals surface area contributed by atoms with Gasteiger partial charge in [0.25, 0.3) is 0 Å². The number of nitrogens with zero attached hydrogens (tertiary/aromatic N) is 2. The molecule has 0 aliphatic carbocycles. The van der Waals surface area contributed by atoms with Crippen molar-refractivity contribution in [2.75, 3.05) is 18.0 Å². The SMILES string of the molecule is CC1(N)CN(c2ncc(Br)cc2Br)C1. The average Bonchev–Trinajstić information content (AvgIpc) is 2.00. The molecule has 1 aliphatic rings. The number of aromatic nitrogens is 1. The van der Waals surface area contributed by atoms with Gasteiger partial charge in [0.05, 0.1) is 4.47 Å². The van der Waals surface area contributed by atoms with Crippen molar-refractivity contribution in [2.24, 2.45) is 5.73 Å². The van der Waals surface area contributed by atoms with E-state index in [-0.39, 0.29) is 5.54 Å². The molecule has 3 nitrogen and oxygen atoms in total. The lowest BCUT2D eigenvalue weighted by molar-refractivity contribution is 0.362. The number of anilines is 1. The highest BCUT2D eigenvalue weighted by atomic mass is 79.9. The molecule has 2 N–H and O–H groups in total. The first-order valence-corrected chi connectivity index (χ1v) is 5.91. The fraction of sp³-hybridized carbons (Fsp3) is 0.444. The Labute approximate surface area is 99.9 Å². The Kier molecular flexibility index (Phi) is 2.57. The van der Waals surface area contributed by atoms with Gasteiger partial charge >= 0.3 is 0 Å². The normalized spacial score (nSPS) is 19.3. The molecule has 1 aromatic rings. The van der Waals surface area contributed by atoms with E-state index in [4.69, 9.17) is 5.73 Å². The van der Waals surface area contributed by atoms with Gasteiger partial charge in [-0.05, 0) is 44.8 Å². The molecule has 0 unspecified atom stereocenters. The van der Waals surface area contributed by atoms with Crippen LogP contribution in [0.4, 0.5) is 5.82 Å². The standard InChI is InChI=1S/C9H11Br2N3/c1-9(12)4-14(5-9)8-7(11)2-6(10)3-13-8/h2-3H,4-5,12H2,1H3. The van der Waals surface area contributed by atoms with E-state index in [9.17, 15) is 0 Å². The van der Waals surface area contributed by atoms with Crippen molar-refractivity contribution < 1.29 is 0 Å². The number of hydrogen-bond donors (Lipinski definition) is 1. The Bertz CT molecular complexity index is 357. The summed E-state index contributed by atoms with van der Waals surface area (Å²) in [6, 6.07) is 1.99. The smallest absolute Gasteiger partial charge is 0.143 e. The van der Waals surface area contributed by atoms with Gasteiger partial charge in [-0.3, -0.25) is 0 Å². The Hall–Kier alpha value is -0.130. The van der Waals surface area contributed by atoms with Crippen molar-refractivity contribution in [3.63, 3.8) is 0 Å². The highest BCUT2D eigenvalue weighted by Gasteiger charge is 2.36. The van der Waals surface area contributed by atoms with Crippen LogP contribution in [0.25, 0.3) is 0 Å². The van der Waals surface area contributed by atoms with Crippen LogP contribution in [0, 0.1) is 0 Å². The zero-order valence-corrected chi connectivity index (χ0v) is 11.0. The third-order valence-corrected chi connectivity index (χ3v) is 3.21. The fourth-order valence-electron chi connectivity index (χ4n) is 1.62. The third kappa shape index (κ3) is 1.94. The molecule has 0 saturated carbocycles. The summed E-state index contributed by atoms with van der Waals surface area (Å²) in [6.45, 7) is 3.77. The molecule has 0 bridgehead atoms. The van der Waals surface area contributed by atoms with E-state index < -0.39 is 0 Å². The number of hydrogen-bond acceptors (Lipinski definition) is 3. The van der Waals surface area contributed by atoms with Crippen molar-refractivity contribution in [3.05, 3.63) is 21.2 Å². The molecule has 5 heteroatoms. The van der Waals surface area contributed by atoms with Crippen LogP contribution in [0.1, 0.15) is 6.92 Å². The average molecular weight is 321 g/mol. The van der Waals surface area contributed by atoms with Gasteiger partial charge in [0.1, 0.15) is 5.82 Å². The molecule has 2 rings (SSSR count). The fourth-order valence-corrected chi connectivity index (χ4v) is 2.85. The Morgan fingerprint density at radius 1 is 1.50 bits per heavy atom. The van der Waals surface area contributed by atoms with Crippen LogP contribution in [0.2, 0.25) is 0 Å². The summed E-state index contributed by atoms with van der Waals surface area (Å²) in [5.41, 5.74) is 5.87. The second kappa shape index (κ2) is 3.47. The lowest BCUT2D eigenvalue weighted by Gasteiger charge is -2.46. The first-order valence-electron chi connectivity index (χ1n) is 4.33. The van der Waals surface area contributed by atoms with Crippen LogP contribution in [0.5, 0.6) is 0 Å². The molecule has 14 heavy (non-hydrogen) atoms. The van der Waals surface area contributed by atoms with E-state index in [1.165, 1.54) is 0 Å². The van der Waals surface area contributed by atoms with Crippen LogP contribution < -0.4 is 10.6 Å². The quantitative estimate of drug-likeness (QED) is 0.862. The number of nitrogens with two attached hydrogens (primary N) is 1. The van der Waals surface area contributed by atoms with Gasteiger partial charge in [-0.2, -0.15) is 0 Å². The minimum Gasteiger partial charge on any atom is -0.352 e. The van der Waals surface area contributed by atoms with Crippen molar-refractivity contribution in [2.45, 2.75) is 12.5 Å². The van der Waals surface area contributed by atoms with Crippen molar-refractivity contribution in [1.82, 2.24) is 4.98 Å². The first kappa shape index (κ1) is 10.4. The summed E-state index contributed by atoms with van der Waals surface area (Å²) >= 11 is 6.86. The zero-order valence-electron chi connectivity index (χ0n) is 7.80. The summed E-state index contributed by atoms with van der Waals surface area (Å²) in [4.78, 5) is 6.51. The highest BCUT2D eigenvalue weighted by molar-refractivity contribution is 9.11. The van der Waals surface area contributed by atoms with Gasteiger partial charge in [0.2, 0.25) is 0 Å². The topological polar surface area (TPSA) is 42.1 Å². The molecule has 0 aromatic carbocycles. The third-order valence-electron chi connectivity index (χ3n) is 2.19. The Morgan fingerprint density at radius 3 is 2.64 bits per heavy atom. The maximum Gasteiger partial charge on any atom is 0.143 e. The maximum absolute atomic E-state index is 5.94. The summed E-state index contributed by atoms with van der Waals surface area (Å²) in [6.07, 6.45) is 1.80. The minimum absolute atomic E-state index is 0.0613. The van der Waals surface area contributed by atoms with E-state index >= 15 is 0 Å². The summed E-state index contributed by atoms with van der Waals surface area (Å²) < 4.78 is 1.98. The molecule has 1 aromatic heterocycles. The second-order valence-electron chi connectivity index (χ2n) is 3.97. The largest absolute Gasteiger partial charge is 0.352 e. The highest BCUT2D eigenvalue weighted by Crippen LogP contribution is 2.31. The van der Waals surface area contributed by atoms with Gasteiger partial charge in [-0.15, -0.1) is 0 Å². The van der Waals surface area contributed by atoms with Crippen molar-refractivity contribution >= 4 is 37.7 Å². The minimum atomic E-state index is -0.0613. The van der Waals surface area contributed by atoms with Crippen molar-refractivity contribution in [1.29, 1.82) is 0 Å². The van der Waals surface area contributed by atoms with E-state index in [0.717, 1.165) is 27.9 Å². The van der Waals surface area contributed by atoms with Gasteiger partial charge < -0.3 is 10.6 Å². The molecule has 1 aliphatic heterocycles. The van der Waals surface area contributed by atoms with Gasteiger partial charge in [0, 0.05) is 29.3 Å². The maximum atomic E-state index is 5.94. The zero-order chi connectivity index (χ0) is 10.3. The molecule has 0 amide bonds. The molecule has 0 radical (unpaired) electrons. The Balaban J connectivity index is 2.19. The monoisotopic (exact) mass is 319 g/mol. The molecule has 76 valence electrons. The molecule has 1 fully saturated rings. The van der Waals surface area contributed by atoms with E-state index in [1.807, 2.05) is 6.07 Å². The number of rotatable bonds is 1. The summed E-state index contributed by atoms with van der Waals surface area (Å²) in [5.74, 6) is 0.969. The van der Waals surface area contributed by atoms with Gasteiger partial charge in [-0.25, -0.2) is 4.98 Å². The van der Waals surface area contributed by atoms with Crippen LogP contribution in [-0.4, -0.2) is 23.6 Å². The summed E-state index contributed by atoms with van der Waals surface area (Å²) in [5, 5.41) is 0.